The Balaban J connectivity index is 3.97. The highest BCUT2D eigenvalue weighted by atomic mass is 16.5. The first-order valence-electron chi connectivity index (χ1n) is 27.4. The number of hydrogen-bond donors (Lipinski definition) is 13. The molecule has 0 fully saturated rings. The number of rotatable bonds is 55. The van der Waals surface area contributed by atoms with Gasteiger partial charge in [-0.2, -0.15) is 0 Å². The van der Waals surface area contributed by atoms with Gasteiger partial charge in [-0.25, -0.2) is 19.8 Å². The summed E-state index contributed by atoms with van der Waals surface area (Å²) in [5.74, 6) is -4.04. The summed E-state index contributed by atoms with van der Waals surface area (Å²) in [6, 6.07) is -5.05. The van der Waals surface area contributed by atoms with Crippen LogP contribution in [-0.4, -0.2) is 187 Å². The number of carboxylic acid groups (broad SMARTS) is 5. The monoisotopic (exact) mass is 1130 g/mol. The number of amides is 6. The Kier molecular flexibility index (Phi) is 45.2. The number of carbonyl (C=O) groups is 11. The zero-order valence-corrected chi connectivity index (χ0v) is 45.7. The molecule has 0 aromatic rings. The highest BCUT2D eigenvalue weighted by Gasteiger charge is 2.25. The van der Waals surface area contributed by atoms with Gasteiger partial charge in [0.25, 0.3) is 0 Å². The van der Waals surface area contributed by atoms with Gasteiger partial charge >= 0.3 is 29.8 Å². The standard InChI is InChI=1S/C51H90N8O20/c52-59-40(51(74)75)17-15-16-26-53-41(60)23-20-38(49(70)71)57-44(63)25-22-39(50(72)73)58-46(65)36-79-34-32-77-30-28-55-45(64)35-78-33-31-76-29-27-54-42(61)24-21-37(48(68)69)56-43(62)18-13-11-9-7-5-3-1-2-4-6-8-10-12-14-19-47(66)67/h37-40,59H,1-36,52H2,(H,53,60)(H,54,61)(H,55,64)(H,56,62)(H,57,63)(H,58,65)(H,66,67)(H,68,69)(H,70,71)(H,72,73)(H,74,75)/t37-,38-,39-,40-/m0/s1. The van der Waals surface area contributed by atoms with Crippen LogP contribution < -0.4 is 43.2 Å². The van der Waals surface area contributed by atoms with Crippen LogP contribution in [0.15, 0.2) is 0 Å². The first-order valence-corrected chi connectivity index (χ1v) is 27.4. The van der Waals surface area contributed by atoms with E-state index in [4.69, 9.17) is 35.0 Å². The molecule has 0 aliphatic rings. The van der Waals surface area contributed by atoms with Crippen molar-refractivity contribution in [2.24, 2.45) is 5.84 Å². The molecule has 28 nitrogen and oxygen atoms in total. The Morgan fingerprint density at radius 1 is 0.316 bits per heavy atom. The van der Waals surface area contributed by atoms with Gasteiger partial charge in [-0.05, 0) is 51.4 Å². The summed E-state index contributed by atoms with van der Waals surface area (Å²) in [6.45, 7) is 0.131. The zero-order chi connectivity index (χ0) is 58.9. The van der Waals surface area contributed by atoms with Crippen LogP contribution in [0.3, 0.4) is 0 Å². The molecule has 28 heteroatoms. The van der Waals surface area contributed by atoms with Crippen molar-refractivity contribution >= 4 is 65.3 Å². The van der Waals surface area contributed by atoms with Gasteiger partial charge in [0.2, 0.25) is 35.4 Å². The van der Waals surface area contributed by atoms with Gasteiger partial charge in [-0.15, -0.1) is 0 Å². The van der Waals surface area contributed by atoms with Crippen LogP contribution in [0.25, 0.3) is 0 Å². The maximum absolute atomic E-state index is 12.4. The average molecular weight is 1140 g/mol. The van der Waals surface area contributed by atoms with Crippen LogP contribution in [0.4, 0.5) is 0 Å². The lowest BCUT2D eigenvalue weighted by Crippen LogP contribution is -2.45. The summed E-state index contributed by atoms with van der Waals surface area (Å²) in [7, 11) is 0. The average Bonchev–Trinajstić information content (AvgIpc) is 3.39. The van der Waals surface area contributed by atoms with Gasteiger partial charge in [0, 0.05) is 51.7 Å². The van der Waals surface area contributed by atoms with E-state index in [2.05, 4.69) is 37.3 Å². The molecule has 0 saturated carbocycles. The molecule has 6 amide bonds. The van der Waals surface area contributed by atoms with Crippen LogP contribution >= 0.6 is 0 Å². The van der Waals surface area contributed by atoms with Crippen LogP contribution in [0, 0.1) is 0 Å². The van der Waals surface area contributed by atoms with Gasteiger partial charge in [0.1, 0.15) is 37.4 Å². The smallest absolute Gasteiger partial charge is 0.326 e. The summed E-state index contributed by atoms with van der Waals surface area (Å²) in [4.78, 5) is 130. The number of nitrogens with one attached hydrogen (secondary N) is 7. The Morgan fingerprint density at radius 3 is 1.08 bits per heavy atom. The van der Waals surface area contributed by atoms with Gasteiger partial charge in [-0.1, -0.05) is 77.0 Å². The minimum absolute atomic E-state index is 0.0302. The number of nitrogens with two attached hydrogens (primary N) is 1. The molecule has 0 spiro atoms. The lowest BCUT2D eigenvalue weighted by Gasteiger charge is -2.17. The van der Waals surface area contributed by atoms with E-state index in [1.807, 2.05) is 0 Å². The maximum Gasteiger partial charge on any atom is 0.326 e. The first kappa shape index (κ1) is 72.9. The van der Waals surface area contributed by atoms with Gasteiger partial charge < -0.3 is 76.4 Å². The maximum atomic E-state index is 12.4. The van der Waals surface area contributed by atoms with Crippen LogP contribution in [0.1, 0.15) is 161 Å². The van der Waals surface area contributed by atoms with E-state index < -0.39 is 96.6 Å². The summed E-state index contributed by atoms with van der Waals surface area (Å²) in [5.41, 5.74) is 2.17. The normalized spacial score (nSPS) is 12.5. The summed E-state index contributed by atoms with van der Waals surface area (Å²) < 4.78 is 21.2. The number of hydrogen-bond acceptors (Lipinski definition) is 17. The molecule has 0 aromatic carbocycles. The Bertz CT molecular complexity index is 1800. The number of carbonyl (C=O) groups excluding carboxylic acids is 6. The number of ether oxygens (including phenoxy) is 4. The predicted molar refractivity (Wildman–Crippen MR) is 283 cm³/mol. The molecule has 0 radical (unpaired) electrons. The fraction of sp³-hybridized carbons (Fsp3) is 0.784. The van der Waals surface area contributed by atoms with Crippen molar-refractivity contribution in [1.29, 1.82) is 0 Å². The van der Waals surface area contributed by atoms with Crippen molar-refractivity contribution in [3.05, 3.63) is 0 Å². The van der Waals surface area contributed by atoms with Crippen molar-refractivity contribution in [2.75, 3.05) is 72.5 Å². The Labute approximate surface area is 461 Å². The van der Waals surface area contributed by atoms with Crippen molar-refractivity contribution < 1.29 is 97.2 Å². The molecule has 0 aliphatic heterocycles. The SMILES string of the molecule is NN[C@@H](CCCCNC(=O)CC[C@H](NC(=O)CC[C@H](NC(=O)COCCOCCNC(=O)COCCOCCNC(=O)CC[C@H](NC(=O)CCCCCCCCCCCCCCCCC(=O)O)C(=O)O)C(=O)O)C(=O)O)C(=O)O. The molecule has 0 rings (SSSR count). The Hall–Kier alpha value is -6.07. The molecule has 0 aromatic heterocycles. The number of carboxylic acids is 5. The van der Waals surface area contributed by atoms with E-state index >= 15 is 0 Å². The highest BCUT2D eigenvalue weighted by molar-refractivity contribution is 5.87. The summed E-state index contributed by atoms with van der Waals surface area (Å²) >= 11 is 0. The summed E-state index contributed by atoms with van der Waals surface area (Å²) in [6.07, 6.45) is 14.8. The van der Waals surface area contributed by atoms with Gasteiger partial charge in [0.15, 0.2) is 0 Å². The third kappa shape index (κ3) is 45.5. The van der Waals surface area contributed by atoms with E-state index in [0.29, 0.717) is 19.3 Å². The van der Waals surface area contributed by atoms with Crippen molar-refractivity contribution in [2.45, 2.75) is 185 Å². The van der Waals surface area contributed by atoms with E-state index in [-0.39, 0.29) is 123 Å². The second-order valence-corrected chi connectivity index (χ2v) is 18.8. The molecule has 0 unspecified atom stereocenters. The molecule has 14 N–H and O–H groups in total. The quantitative estimate of drug-likeness (QED) is 0.0228. The number of unbranched alkanes of at least 4 members (excludes halogenated alkanes) is 14. The largest absolute Gasteiger partial charge is 0.481 e. The molecule has 0 aliphatic carbocycles. The molecule has 4 atom stereocenters. The lowest BCUT2D eigenvalue weighted by molar-refractivity contribution is -0.144. The third-order valence-corrected chi connectivity index (χ3v) is 12.0. The van der Waals surface area contributed by atoms with Gasteiger partial charge in [0.05, 0.1) is 39.6 Å². The predicted octanol–water partition coefficient (Wildman–Crippen LogP) is 0.863. The van der Waals surface area contributed by atoms with E-state index in [0.717, 1.165) is 51.4 Å². The molecule has 0 bridgehead atoms. The zero-order valence-electron chi connectivity index (χ0n) is 45.7. The molecular formula is C51H90N8O20. The fourth-order valence-electron chi connectivity index (χ4n) is 7.55. The fourth-order valence-corrected chi connectivity index (χ4v) is 7.55. The number of aliphatic carboxylic acids is 5. The van der Waals surface area contributed by atoms with Crippen LogP contribution in [0.2, 0.25) is 0 Å². The summed E-state index contributed by atoms with van der Waals surface area (Å²) in [5, 5.41) is 60.9. The molecule has 0 heterocycles. The second-order valence-electron chi connectivity index (χ2n) is 18.8. The van der Waals surface area contributed by atoms with E-state index in [1.54, 1.807) is 0 Å². The molecular weight excluding hydrogens is 1040 g/mol. The second kappa shape index (κ2) is 49.0. The van der Waals surface area contributed by atoms with Crippen molar-refractivity contribution in [3.63, 3.8) is 0 Å². The third-order valence-electron chi connectivity index (χ3n) is 12.0. The van der Waals surface area contributed by atoms with Crippen LogP contribution in [0.5, 0.6) is 0 Å². The lowest BCUT2D eigenvalue weighted by atomic mass is 10.0. The van der Waals surface area contributed by atoms with E-state index in [1.165, 1.54) is 32.1 Å². The minimum atomic E-state index is -1.50. The topological polar surface area (TPSA) is 436 Å². The molecule has 79 heavy (non-hydrogen) atoms. The highest BCUT2D eigenvalue weighted by Crippen LogP contribution is 2.14. The molecule has 454 valence electrons. The number of hydrazine groups is 1. The first-order chi connectivity index (χ1) is 37.9. The van der Waals surface area contributed by atoms with Crippen molar-refractivity contribution in [1.82, 2.24) is 37.3 Å². The Morgan fingerprint density at radius 2 is 0.658 bits per heavy atom. The van der Waals surface area contributed by atoms with Gasteiger partial charge in [-0.3, -0.25) is 44.2 Å². The molecule has 0 saturated heterocycles. The van der Waals surface area contributed by atoms with Crippen LogP contribution in [-0.2, 0) is 71.7 Å². The minimum Gasteiger partial charge on any atom is -0.481 e. The van der Waals surface area contributed by atoms with E-state index in [9.17, 15) is 68.1 Å². The van der Waals surface area contributed by atoms with Crippen molar-refractivity contribution in [3.8, 4) is 0 Å².